The summed E-state index contributed by atoms with van der Waals surface area (Å²) in [6, 6.07) is 32.2. The van der Waals surface area contributed by atoms with Gasteiger partial charge in [-0.1, -0.05) is 99.0 Å². The number of hydrogen-bond acceptors (Lipinski definition) is 1. The number of hydrogen-bond donors (Lipinski definition) is 1. The van der Waals surface area contributed by atoms with Crippen LogP contribution in [0.2, 0.25) is 0 Å². The predicted molar refractivity (Wildman–Crippen MR) is 165 cm³/mol. The first-order chi connectivity index (χ1) is 19.1. The summed E-state index contributed by atoms with van der Waals surface area (Å²) in [5, 5.41) is 6.79. The molecule has 0 heterocycles. The van der Waals surface area contributed by atoms with Crippen molar-refractivity contribution < 1.29 is 0 Å². The van der Waals surface area contributed by atoms with E-state index in [0.717, 1.165) is 23.7 Å². The molecule has 4 unspecified atom stereocenters. The van der Waals surface area contributed by atoms with Gasteiger partial charge in [0.05, 0.1) is 0 Å². The third-order valence-electron chi connectivity index (χ3n) is 11.3. The molecule has 4 aliphatic rings. The Morgan fingerprint density at radius 3 is 2.05 bits per heavy atom. The SMILES string of the molecule is CC1(c2ccc(-c3ccccc3Nc3ccccc3C3CC4CCC3C4)c3ccccc23)C[C@@H]2CC[C@@H](C2)C1. The Morgan fingerprint density at radius 1 is 0.590 bits per heavy atom. The summed E-state index contributed by atoms with van der Waals surface area (Å²) < 4.78 is 0. The molecule has 0 radical (unpaired) electrons. The minimum Gasteiger partial charge on any atom is -0.355 e. The third-order valence-corrected chi connectivity index (χ3v) is 11.3. The summed E-state index contributed by atoms with van der Waals surface area (Å²) in [5.41, 5.74) is 8.56. The molecular weight excluding hydrogens is 470 g/mol. The Labute approximate surface area is 234 Å². The maximum Gasteiger partial charge on any atom is 0.0464 e. The van der Waals surface area contributed by atoms with Crippen molar-refractivity contribution in [1.29, 1.82) is 0 Å². The first-order valence-electron chi connectivity index (χ1n) is 15.6. The highest BCUT2D eigenvalue weighted by molar-refractivity contribution is 6.02. The molecule has 4 saturated carbocycles. The molecular formula is C38H41N. The quantitative estimate of drug-likeness (QED) is 0.281. The van der Waals surface area contributed by atoms with Gasteiger partial charge < -0.3 is 5.32 Å². The Bertz CT molecular complexity index is 1520. The zero-order valence-electron chi connectivity index (χ0n) is 23.3. The van der Waals surface area contributed by atoms with E-state index in [4.69, 9.17) is 0 Å². The van der Waals surface area contributed by atoms with Crippen molar-refractivity contribution in [2.75, 3.05) is 5.32 Å². The number of nitrogens with one attached hydrogen (secondary N) is 1. The number of benzene rings is 4. The predicted octanol–water partition coefficient (Wildman–Crippen LogP) is 10.6. The van der Waals surface area contributed by atoms with Gasteiger partial charge in [-0.25, -0.2) is 0 Å². The van der Waals surface area contributed by atoms with Crippen molar-refractivity contribution in [2.45, 2.75) is 76.0 Å². The Kier molecular flexibility index (Phi) is 5.65. The third kappa shape index (κ3) is 4.03. The van der Waals surface area contributed by atoms with E-state index in [9.17, 15) is 0 Å². The van der Waals surface area contributed by atoms with E-state index in [2.05, 4.69) is 97.2 Å². The van der Waals surface area contributed by atoms with Crippen molar-refractivity contribution in [3.63, 3.8) is 0 Å². The number of fused-ring (bicyclic) bond motifs is 5. The lowest BCUT2D eigenvalue weighted by Crippen LogP contribution is -2.30. The molecule has 39 heavy (non-hydrogen) atoms. The first-order valence-corrected chi connectivity index (χ1v) is 15.6. The Morgan fingerprint density at radius 2 is 1.28 bits per heavy atom. The van der Waals surface area contributed by atoms with Crippen LogP contribution >= 0.6 is 0 Å². The summed E-state index contributed by atoms with van der Waals surface area (Å²) >= 11 is 0. The molecule has 4 aromatic carbocycles. The van der Waals surface area contributed by atoms with Crippen molar-refractivity contribution >= 4 is 22.1 Å². The van der Waals surface area contributed by atoms with Gasteiger partial charge in [0.15, 0.2) is 0 Å². The van der Waals surface area contributed by atoms with Crippen molar-refractivity contribution in [1.82, 2.24) is 0 Å². The summed E-state index contributed by atoms with van der Waals surface area (Å²) in [7, 11) is 0. The van der Waals surface area contributed by atoms with Crippen LogP contribution < -0.4 is 5.32 Å². The largest absolute Gasteiger partial charge is 0.355 e. The highest BCUT2D eigenvalue weighted by Crippen LogP contribution is 2.55. The lowest BCUT2D eigenvalue weighted by Gasteiger charge is -2.39. The highest BCUT2D eigenvalue weighted by atomic mass is 14.9. The van der Waals surface area contributed by atoms with Gasteiger partial charge in [-0.3, -0.25) is 0 Å². The van der Waals surface area contributed by atoms with Gasteiger partial charge >= 0.3 is 0 Å². The molecule has 4 aliphatic carbocycles. The van der Waals surface area contributed by atoms with E-state index in [1.54, 1.807) is 5.56 Å². The average molecular weight is 512 g/mol. The van der Waals surface area contributed by atoms with E-state index in [1.165, 1.54) is 96.6 Å². The van der Waals surface area contributed by atoms with Gasteiger partial charge in [0, 0.05) is 16.9 Å². The van der Waals surface area contributed by atoms with Gasteiger partial charge in [-0.2, -0.15) is 0 Å². The van der Waals surface area contributed by atoms with E-state index in [1.807, 2.05) is 0 Å². The number of anilines is 2. The molecule has 4 bridgehead atoms. The average Bonchev–Trinajstić information content (AvgIpc) is 3.69. The molecule has 0 amide bonds. The van der Waals surface area contributed by atoms with E-state index in [0.29, 0.717) is 11.3 Å². The summed E-state index contributed by atoms with van der Waals surface area (Å²) in [6.45, 7) is 2.56. The summed E-state index contributed by atoms with van der Waals surface area (Å²) in [4.78, 5) is 0. The van der Waals surface area contributed by atoms with Gasteiger partial charge in [-0.15, -0.1) is 0 Å². The summed E-state index contributed by atoms with van der Waals surface area (Å²) in [5.74, 6) is 4.39. The van der Waals surface area contributed by atoms with Crippen LogP contribution in [-0.4, -0.2) is 0 Å². The lowest BCUT2D eigenvalue weighted by atomic mass is 9.65. The molecule has 198 valence electrons. The zero-order valence-corrected chi connectivity index (χ0v) is 23.3. The fourth-order valence-electron chi connectivity index (χ4n) is 9.72. The van der Waals surface area contributed by atoms with Gasteiger partial charge in [0.1, 0.15) is 0 Å². The second-order valence-electron chi connectivity index (χ2n) is 13.8. The zero-order chi connectivity index (χ0) is 26.0. The number of rotatable bonds is 5. The molecule has 0 aliphatic heterocycles. The van der Waals surface area contributed by atoms with Crippen LogP contribution in [-0.2, 0) is 5.41 Å². The second kappa shape index (κ2) is 9.26. The van der Waals surface area contributed by atoms with Crippen LogP contribution in [0, 0.1) is 23.7 Å². The van der Waals surface area contributed by atoms with Crippen LogP contribution in [0.1, 0.15) is 81.8 Å². The van der Waals surface area contributed by atoms with Crippen molar-refractivity contribution in [3.8, 4) is 11.1 Å². The summed E-state index contributed by atoms with van der Waals surface area (Å²) in [6.07, 6.45) is 12.7. The van der Waals surface area contributed by atoms with Crippen LogP contribution in [0.4, 0.5) is 11.4 Å². The smallest absolute Gasteiger partial charge is 0.0464 e. The van der Waals surface area contributed by atoms with Crippen LogP contribution in [0.15, 0.2) is 84.9 Å². The Balaban J connectivity index is 1.19. The fraction of sp³-hybridized carbons (Fsp3) is 0.421. The molecule has 1 N–H and O–H groups in total. The molecule has 0 aromatic heterocycles. The van der Waals surface area contributed by atoms with E-state index < -0.39 is 0 Å². The maximum absolute atomic E-state index is 3.95. The fourth-order valence-corrected chi connectivity index (χ4v) is 9.72. The maximum atomic E-state index is 3.95. The highest BCUT2D eigenvalue weighted by Gasteiger charge is 2.43. The van der Waals surface area contributed by atoms with Crippen LogP contribution in [0.3, 0.4) is 0 Å². The van der Waals surface area contributed by atoms with Crippen molar-refractivity contribution in [2.24, 2.45) is 23.7 Å². The first kappa shape index (κ1) is 23.8. The van der Waals surface area contributed by atoms with Gasteiger partial charge in [-0.05, 0) is 113 Å². The van der Waals surface area contributed by atoms with Crippen LogP contribution in [0.5, 0.6) is 0 Å². The minimum atomic E-state index is 0.291. The molecule has 0 spiro atoms. The molecule has 8 rings (SSSR count). The molecule has 4 aromatic rings. The molecule has 1 heteroatoms. The number of para-hydroxylation sites is 2. The lowest BCUT2D eigenvalue weighted by molar-refractivity contribution is 0.233. The monoisotopic (exact) mass is 511 g/mol. The normalized spacial score (nSPS) is 31.2. The molecule has 0 saturated heterocycles. The molecule has 1 nitrogen and oxygen atoms in total. The van der Waals surface area contributed by atoms with Crippen LogP contribution in [0.25, 0.3) is 21.9 Å². The van der Waals surface area contributed by atoms with Crippen molar-refractivity contribution in [3.05, 3.63) is 96.1 Å². The van der Waals surface area contributed by atoms with E-state index >= 15 is 0 Å². The second-order valence-corrected chi connectivity index (χ2v) is 13.8. The van der Waals surface area contributed by atoms with Gasteiger partial charge in [0.25, 0.3) is 0 Å². The van der Waals surface area contributed by atoms with Gasteiger partial charge in [0.2, 0.25) is 0 Å². The standard InChI is InChI=1S/C38H41N/c1-38(23-26-14-15-27(20-26)24-38)35-19-18-30(29-8-2-3-9-31(29)35)32-10-4-6-12-36(32)39-37-13-7-5-11-33(37)34-22-25-16-17-28(34)21-25/h2-13,18-19,25-28,34,39H,14-17,20-24H2,1H3/t25?,26-,27+,28?,34?,38?. The topological polar surface area (TPSA) is 12.0 Å². The van der Waals surface area contributed by atoms with E-state index in [-0.39, 0.29) is 0 Å². The minimum absolute atomic E-state index is 0.291. The molecule has 4 fully saturated rings. The molecule has 6 atom stereocenters. The Hall–Kier alpha value is -3.06.